The zero-order chi connectivity index (χ0) is 22.4. The predicted octanol–water partition coefficient (Wildman–Crippen LogP) is 4.65. The fourth-order valence-corrected chi connectivity index (χ4v) is 5.21. The fraction of sp³-hybridized carbons (Fsp3) is 0.400. The van der Waals surface area contributed by atoms with Crippen molar-refractivity contribution in [3.05, 3.63) is 76.1 Å². The number of hydrogen-bond acceptors (Lipinski definition) is 4. The van der Waals surface area contributed by atoms with Gasteiger partial charge in [0, 0.05) is 42.0 Å². The maximum absolute atomic E-state index is 14.7. The molecule has 168 valence electrons. The predicted molar refractivity (Wildman–Crippen MR) is 122 cm³/mol. The number of fused-ring (bicyclic) bond motifs is 1. The second-order valence-corrected chi connectivity index (χ2v) is 9.16. The lowest BCUT2D eigenvalue weighted by molar-refractivity contribution is 0.0818. The Hall–Kier alpha value is -2.41. The summed E-state index contributed by atoms with van der Waals surface area (Å²) in [6.07, 6.45) is 3.44. The van der Waals surface area contributed by atoms with E-state index in [1.54, 1.807) is 0 Å². The van der Waals surface area contributed by atoms with E-state index in [-0.39, 0.29) is 24.1 Å². The van der Waals surface area contributed by atoms with Crippen molar-refractivity contribution >= 4 is 11.6 Å². The van der Waals surface area contributed by atoms with Gasteiger partial charge < -0.3 is 14.4 Å². The lowest BCUT2D eigenvalue weighted by Gasteiger charge is -2.30. The number of aryl methyl sites for hydroxylation is 2. The first-order valence-electron chi connectivity index (χ1n) is 11.1. The Morgan fingerprint density at radius 3 is 2.72 bits per heavy atom. The Labute approximate surface area is 192 Å². The van der Waals surface area contributed by atoms with Gasteiger partial charge in [-0.1, -0.05) is 18.5 Å². The smallest absolute Gasteiger partial charge is 0.140 e. The van der Waals surface area contributed by atoms with Crippen LogP contribution in [0.1, 0.15) is 42.1 Å². The average molecular weight is 456 g/mol. The summed E-state index contributed by atoms with van der Waals surface area (Å²) in [6.45, 7) is 5.43. The maximum Gasteiger partial charge on any atom is 0.140 e. The molecule has 32 heavy (non-hydrogen) atoms. The molecule has 7 heteroatoms. The summed E-state index contributed by atoms with van der Waals surface area (Å²) in [7, 11) is 0. The molecule has 0 amide bonds. The third-order valence-corrected chi connectivity index (χ3v) is 6.74. The molecule has 1 saturated heterocycles. The highest BCUT2D eigenvalue weighted by molar-refractivity contribution is 6.30. The summed E-state index contributed by atoms with van der Waals surface area (Å²) in [5, 5.41) is 10.4. The van der Waals surface area contributed by atoms with Crippen molar-refractivity contribution < 1.29 is 14.2 Å². The molecule has 1 fully saturated rings. The summed E-state index contributed by atoms with van der Waals surface area (Å²) in [5.41, 5.74) is 3.46. The van der Waals surface area contributed by atoms with Crippen molar-refractivity contribution in [3.8, 4) is 11.4 Å². The zero-order valence-electron chi connectivity index (χ0n) is 18.3. The summed E-state index contributed by atoms with van der Waals surface area (Å²) < 4.78 is 23.2. The maximum atomic E-state index is 14.7. The number of aromatic nitrogens is 2. The number of halogens is 2. The number of β-amino-alcohol motifs (C(OH)–C–C–N with tert-alkyl or cyclic N) is 1. The minimum atomic E-state index is -0.351. The van der Waals surface area contributed by atoms with Crippen LogP contribution in [0.5, 0.6) is 5.75 Å². The number of rotatable bonds is 5. The van der Waals surface area contributed by atoms with Crippen LogP contribution < -0.4 is 4.74 Å². The molecule has 1 aliphatic carbocycles. The van der Waals surface area contributed by atoms with Crippen LogP contribution in [-0.4, -0.2) is 44.8 Å². The Bertz CT molecular complexity index is 1130. The molecular weight excluding hydrogens is 429 g/mol. The average Bonchev–Trinajstić information content (AvgIpc) is 3.46. The van der Waals surface area contributed by atoms with E-state index in [0.29, 0.717) is 29.3 Å². The minimum Gasteiger partial charge on any atom is -0.484 e. The Morgan fingerprint density at radius 2 is 2.03 bits per heavy atom. The van der Waals surface area contributed by atoms with Gasteiger partial charge in [-0.25, -0.2) is 9.37 Å². The van der Waals surface area contributed by atoms with Crippen molar-refractivity contribution in [1.29, 1.82) is 0 Å². The van der Waals surface area contributed by atoms with Crippen molar-refractivity contribution in [2.75, 3.05) is 13.1 Å². The monoisotopic (exact) mass is 455 g/mol. The molecule has 0 unspecified atom stereocenters. The van der Waals surface area contributed by atoms with E-state index in [2.05, 4.69) is 21.4 Å². The molecule has 2 heterocycles. The molecule has 1 aromatic heterocycles. The number of aliphatic hydroxyl groups is 1. The summed E-state index contributed by atoms with van der Waals surface area (Å²) >= 11 is 6.19. The standard InChI is InChI=1S/C25H27ClFN3O2/c1-3-24-28-15(2)13-30(24)17-4-6-19(7-5-17)32-25-21-10-16(26)11-22(27)20(21)12-23(25)29-9-8-18(31)14-29/h4-7,10-11,13,18,23,25,31H,3,8-9,12,14H2,1-2H3/t18-,23+,25-/m1/s1. The second-order valence-electron chi connectivity index (χ2n) is 8.72. The molecule has 0 saturated carbocycles. The van der Waals surface area contributed by atoms with Gasteiger partial charge in [0.25, 0.3) is 0 Å². The SMILES string of the molecule is CCc1nc(C)cn1-c1ccc(O[C@@H]2c3cc(Cl)cc(F)c3C[C@@H]2N2CC[C@@H](O)C2)cc1. The van der Waals surface area contributed by atoms with Gasteiger partial charge in [-0.2, -0.15) is 0 Å². The van der Waals surface area contributed by atoms with Crippen LogP contribution >= 0.6 is 11.6 Å². The third kappa shape index (κ3) is 3.91. The molecule has 2 aliphatic rings. The van der Waals surface area contributed by atoms with E-state index in [1.165, 1.54) is 6.07 Å². The summed E-state index contributed by atoms with van der Waals surface area (Å²) in [5.74, 6) is 1.44. The molecule has 1 aliphatic heterocycles. The van der Waals surface area contributed by atoms with E-state index >= 15 is 0 Å². The second kappa shape index (κ2) is 8.50. The first-order chi connectivity index (χ1) is 15.4. The largest absolute Gasteiger partial charge is 0.484 e. The molecule has 5 nitrogen and oxygen atoms in total. The van der Waals surface area contributed by atoms with Crippen molar-refractivity contribution in [1.82, 2.24) is 14.5 Å². The van der Waals surface area contributed by atoms with Crippen LogP contribution in [0.4, 0.5) is 4.39 Å². The van der Waals surface area contributed by atoms with Crippen LogP contribution in [0.2, 0.25) is 5.02 Å². The quantitative estimate of drug-likeness (QED) is 0.608. The van der Waals surface area contributed by atoms with Gasteiger partial charge in [-0.15, -0.1) is 0 Å². The number of benzene rings is 2. The lowest BCUT2D eigenvalue weighted by atomic mass is 10.1. The summed E-state index contributed by atoms with van der Waals surface area (Å²) in [4.78, 5) is 6.78. The molecule has 0 radical (unpaired) electrons. The highest BCUT2D eigenvalue weighted by Crippen LogP contribution is 2.41. The van der Waals surface area contributed by atoms with Crippen LogP contribution in [0.3, 0.4) is 0 Å². The minimum absolute atomic E-state index is 0.0437. The highest BCUT2D eigenvalue weighted by atomic mass is 35.5. The third-order valence-electron chi connectivity index (χ3n) is 6.52. The van der Waals surface area contributed by atoms with Gasteiger partial charge in [0.05, 0.1) is 17.8 Å². The lowest BCUT2D eigenvalue weighted by Crippen LogP contribution is -2.39. The molecule has 0 bridgehead atoms. The number of imidazole rings is 1. The van der Waals surface area contributed by atoms with E-state index < -0.39 is 0 Å². The molecule has 0 spiro atoms. The normalized spacial score (nSPS) is 23.0. The number of nitrogens with zero attached hydrogens (tertiary/aromatic N) is 3. The number of hydrogen-bond donors (Lipinski definition) is 1. The first kappa shape index (κ1) is 21.4. The zero-order valence-corrected chi connectivity index (χ0v) is 19.0. The topological polar surface area (TPSA) is 50.5 Å². The van der Waals surface area contributed by atoms with Crippen molar-refractivity contribution in [3.63, 3.8) is 0 Å². The molecule has 1 N–H and O–H groups in total. The molecule has 2 aromatic carbocycles. The van der Waals surface area contributed by atoms with Crippen molar-refractivity contribution in [2.45, 2.75) is 51.4 Å². The Morgan fingerprint density at radius 1 is 1.25 bits per heavy atom. The van der Waals surface area contributed by atoms with E-state index in [4.69, 9.17) is 16.3 Å². The highest BCUT2D eigenvalue weighted by Gasteiger charge is 2.42. The van der Waals surface area contributed by atoms with Crippen LogP contribution in [0, 0.1) is 12.7 Å². The van der Waals surface area contributed by atoms with E-state index in [9.17, 15) is 9.50 Å². The van der Waals surface area contributed by atoms with Crippen molar-refractivity contribution in [2.24, 2.45) is 0 Å². The van der Waals surface area contributed by atoms with Gasteiger partial charge in [0.2, 0.25) is 0 Å². The van der Waals surface area contributed by atoms with Gasteiger partial charge in [0.1, 0.15) is 23.5 Å². The fourth-order valence-electron chi connectivity index (χ4n) is 5.00. The van der Waals surface area contributed by atoms with E-state index in [0.717, 1.165) is 42.2 Å². The number of likely N-dealkylation sites (tertiary alicyclic amines) is 1. The number of aliphatic hydroxyl groups excluding tert-OH is 1. The molecular formula is C25H27ClFN3O2. The Balaban J connectivity index is 1.44. The Kier molecular flexibility index (Phi) is 5.70. The first-order valence-corrected chi connectivity index (χ1v) is 11.5. The van der Waals surface area contributed by atoms with Gasteiger partial charge in [0.15, 0.2) is 0 Å². The number of ether oxygens (including phenoxy) is 1. The van der Waals surface area contributed by atoms with E-state index in [1.807, 2.05) is 43.5 Å². The summed E-state index contributed by atoms with van der Waals surface area (Å²) in [6, 6.07) is 11.0. The van der Waals surface area contributed by atoms with Gasteiger partial charge >= 0.3 is 0 Å². The molecule has 3 atom stereocenters. The van der Waals surface area contributed by atoms with Crippen LogP contribution in [0.25, 0.3) is 5.69 Å². The van der Waals surface area contributed by atoms with Crippen LogP contribution in [-0.2, 0) is 12.8 Å². The molecule has 3 aromatic rings. The van der Waals surface area contributed by atoms with Gasteiger partial charge in [-0.3, -0.25) is 4.90 Å². The van der Waals surface area contributed by atoms with Crippen LogP contribution in [0.15, 0.2) is 42.6 Å². The van der Waals surface area contributed by atoms with Gasteiger partial charge in [-0.05, 0) is 61.7 Å². The molecule has 5 rings (SSSR count).